The molecule has 1 atom stereocenters. The average molecular weight is 404 g/mol. The molecular weight excluding hydrogens is 378 g/mol. The monoisotopic (exact) mass is 403 g/mol. The van der Waals surface area contributed by atoms with Gasteiger partial charge in [0.2, 0.25) is 5.89 Å². The van der Waals surface area contributed by atoms with E-state index < -0.39 is 0 Å². The molecule has 148 valence electrons. The van der Waals surface area contributed by atoms with Crippen molar-refractivity contribution in [1.82, 2.24) is 15.5 Å². The van der Waals surface area contributed by atoms with E-state index in [0.717, 1.165) is 11.3 Å². The number of aryl methyl sites for hydroxylation is 3. The number of thiophene rings is 1. The molecule has 0 aliphatic carbocycles. The SMILES string of the molecule is CCc1sc(-c2nnc(CN[C@H](c3ccccc3)c3ccc(C)cc3)o2)cc1C. The molecule has 2 aromatic carbocycles. The van der Waals surface area contributed by atoms with Gasteiger partial charge in [0.15, 0.2) is 0 Å². The summed E-state index contributed by atoms with van der Waals surface area (Å²) >= 11 is 1.73. The van der Waals surface area contributed by atoms with Crippen LogP contribution in [0, 0.1) is 13.8 Å². The number of hydrogen-bond donors (Lipinski definition) is 1. The Labute approximate surface area is 175 Å². The van der Waals surface area contributed by atoms with E-state index in [9.17, 15) is 0 Å². The number of nitrogens with one attached hydrogen (secondary N) is 1. The molecule has 0 aliphatic heterocycles. The first-order valence-corrected chi connectivity index (χ1v) is 10.7. The molecule has 0 radical (unpaired) electrons. The van der Waals surface area contributed by atoms with Crippen molar-refractivity contribution in [3.05, 3.63) is 93.7 Å². The molecule has 0 unspecified atom stereocenters. The zero-order valence-electron chi connectivity index (χ0n) is 17.0. The molecule has 0 saturated carbocycles. The fourth-order valence-electron chi connectivity index (χ4n) is 3.42. The van der Waals surface area contributed by atoms with Crippen molar-refractivity contribution in [2.24, 2.45) is 0 Å². The molecule has 5 heteroatoms. The van der Waals surface area contributed by atoms with Crippen LogP contribution >= 0.6 is 11.3 Å². The van der Waals surface area contributed by atoms with Gasteiger partial charge < -0.3 is 4.42 Å². The molecule has 2 aromatic heterocycles. The second-order valence-electron chi connectivity index (χ2n) is 7.21. The first-order chi connectivity index (χ1) is 14.1. The Bertz CT molecular complexity index is 1070. The van der Waals surface area contributed by atoms with E-state index in [1.807, 2.05) is 6.07 Å². The summed E-state index contributed by atoms with van der Waals surface area (Å²) in [6.07, 6.45) is 1.02. The number of rotatable bonds is 7. The third-order valence-electron chi connectivity index (χ3n) is 5.02. The number of hydrogen-bond acceptors (Lipinski definition) is 5. The predicted octanol–water partition coefficient (Wildman–Crippen LogP) is 5.86. The third kappa shape index (κ3) is 4.47. The molecule has 29 heavy (non-hydrogen) atoms. The second-order valence-corrected chi connectivity index (χ2v) is 8.34. The Morgan fingerprint density at radius 2 is 1.69 bits per heavy atom. The van der Waals surface area contributed by atoms with Crippen LogP contribution in [0.2, 0.25) is 0 Å². The van der Waals surface area contributed by atoms with E-state index in [-0.39, 0.29) is 6.04 Å². The van der Waals surface area contributed by atoms with E-state index in [1.165, 1.54) is 27.1 Å². The molecule has 4 rings (SSSR count). The van der Waals surface area contributed by atoms with Gasteiger partial charge in [-0.25, -0.2) is 0 Å². The highest BCUT2D eigenvalue weighted by Crippen LogP contribution is 2.31. The minimum Gasteiger partial charge on any atom is -0.419 e. The van der Waals surface area contributed by atoms with Crippen LogP contribution in [0.4, 0.5) is 0 Å². The summed E-state index contributed by atoms with van der Waals surface area (Å²) in [7, 11) is 0. The van der Waals surface area contributed by atoms with Crippen LogP contribution in [0.25, 0.3) is 10.8 Å². The lowest BCUT2D eigenvalue weighted by Gasteiger charge is -2.19. The van der Waals surface area contributed by atoms with Gasteiger partial charge in [0.05, 0.1) is 17.5 Å². The molecule has 0 fully saturated rings. The third-order valence-corrected chi connectivity index (χ3v) is 6.39. The zero-order chi connectivity index (χ0) is 20.2. The lowest BCUT2D eigenvalue weighted by Crippen LogP contribution is -2.22. The minimum atomic E-state index is 0.0582. The van der Waals surface area contributed by atoms with Crippen LogP contribution in [0.3, 0.4) is 0 Å². The lowest BCUT2D eigenvalue weighted by molar-refractivity contribution is 0.462. The normalized spacial score (nSPS) is 12.2. The van der Waals surface area contributed by atoms with Crippen molar-refractivity contribution >= 4 is 11.3 Å². The van der Waals surface area contributed by atoms with Crippen LogP contribution < -0.4 is 5.32 Å². The zero-order valence-corrected chi connectivity index (χ0v) is 17.8. The topological polar surface area (TPSA) is 51.0 Å². The largest absolute Gasteiger partial charge is 0.419 e. The Kier molecular flexibility index (Phi) is 5.88. The van der Waals surface area contributed by atoms with Crippen molar-refractivity contribution in [1.29, 1.82) is 0 Å². The summed E-state index contributed by atoms with van der Waals surface area (Å²) in [6.45, 7) is 6.90. The fraction of sp³-hybridized carbons (Fsp3) is 0.250. The molecule has 0 saturated heterocycles. The van der Waals surface area contributed by atoms with Gasteiger partial charge in [-0.15, -0.1) is 21.5 Å². The second kappa shape index (κ2) is 8.72. The smallest absolute Gasteiger partial charge is 0.257 e. The number of benzene rings is 2. The molecule has 0 aliphatic rings. The summed E-state index contributed by atoms with van der Waals surface area (Å²) in [5.41, 5.74) is 4.95. The molecule has 0 amide bonds. The first-order valence-electron chi connectivity index (χ1n) is 9.91. The van der Waals surface area contributed by atoms with Crippen molar-refractivity contribution < 1.29 is 4.42 Å². The summed E-state index contributed by atoms with van der Waals surface area (Å²) < 4.78 is 5.95. The Balaban J connectivity index is 1.53. The summed E-state index contributed by atoms with van der Waals surface area (Å²) in [5.74, 6) is 1.19. The van der Waals surface area contributed by atoms with E-state index in [2.05, 4.69) is 90.9 Å². The predicted molar refractivity (Wildman–Crippen MR) is 118 cm³/mol. The molecule has 0 spiro atoms. The Hall–Kier alpha value is -2.76. The van der Waals surface area contributed by atoms with Gasteiger partial charge in [0.1, 0.15) is 0 Å². The van der Waals surface area contributed by atoms with E-state index in [4.69, 9.17) is 4.42 Å². The lowest BCUT2D eigenvalue weighted by atomic mass is 9.98. The number of nitrogens with zero attached hydrogens (tertiary/aromatic N) is 2. The quantitative estimate of drug-likeness (QED) is 0.420. The van der Waals surface area contributed by atoms with Crippen LogP contribution in [0.5, 0.6) is 0 Å². The van der Waals surface area contributed by atoms with Gasteiger partial charge >= 0.3 is 0 Å². The molecule has 1 N–H and O–H groups in total. The maximum atomic E-state index is 5.95. The summed E-state index contributed by atoms with van der Waals surface area (Å²) in [5, 5.41) is 12.1. The highest BCUT2D eigenvalue weighted by molar-refractivity contribution is 7.15. The van der Waals surface area contributed by atoms with Crippen LogP contribution in [-0.2, 0) is 13.0 Å². The summed E-state index contributed by atoms with van der Waals surface area (Å²) in [4.78, 5) is 2.40. The van der Waals surface area contributed by atoms with Crippen molar-refractivity contribution in [3.63, 3.8) is 0 Å². The van der Waals surface area contributed by atoms with Crippen molar-refractivity contribution in [3.8, 4) is 10.8 Å². The van der Waals surface area contributed by atoms with E-state index in [0.29, 0.717) is 18.3 Å². The fourth-order valence-corrected chi connectivity index (χ4v) is 4.46. The highest BCUT2D eigenvalue weighted by Gasteiger charge is 2.17. The maximum absolute atomic E-state index is 5.95. The van der Waals surface area contributed by atoms with Gasteiger partial charge in [0, 0.05) is 4.88 Å². The molecule has 4 aromatic rings. The Morgan fingerprint density at radius 1 is 0.966 bits per heavy atom. The standard InChI is InChI=1S/C24H25N3OS/c1-4-20-17(3)14-21(29-20)24-27-26-22(28-24)15-25-23(18-8-6-5-7-9-18)19-12-10-16(2)11-13-19/h5-14,23,25H,4,15H2,1-3H3/t23-/m1/s1. The van der Waals surface area contributed by atoms with Crippen molar-refractivity contribution in [2.45, 2.75) is 39.8 Å². The van der Waals surface area contributed by atoms with Crippen LogP contribution in [0.15, 0.2) is 65.1 Å². The van der Waals surface area contributed by atoms with E-state index >= 15 is 0 Å². The Morgan fingerprint density at radius 3 is 2.38 bits per heavy atom. The highest BCUT2D eigenvalue weighted by atomic mass is 32.1. The van der Waals surface area contributed by atoms with Crippen molar-refractivity contribution in [2.75, 3.05) is 0 Å². The van der Waals surface area contributed by atoms with Gasteiger partial charge in [-0.2, -0.15) is 0 Å². The van der Waals surface area contributed by atoms with Crippen LogP contribution in [0.1, 0.15) is 46.0 Å². The van der Waals surface area contributed by atoms with Gasteiger partial charge in [0.25, 0.3) is 5.89 Å². The molecular formula is C24H25N3OS. The maximum Gasteiger partial charge on any atom is 0.257 e. The number of aromatic nitrogens is 2. The first kappa shape index (κ1) is 19.6. The average Bonchev–Trinajstić information content (AvgIpc) is 3.36. The molecule has 0 bridgehead atoms. The molecule has 2 heterocycles. The van der Waals surface area contributed by atoms with Gasteiger partial charge in [-0.1, -0.05) is 67.1 Å². The molecule has 4 nitrogen and oxygen atoms in total. The summed E-state index contributed by atoms with van der Waals surface area (Å²) in [6, 6.07) is 21.2. The minimum absolute atomic E-state index is 0.0582. The van der Waals surface area contributed by atoms with Gasteiger partial charge in [-0.3, -0.25) is 5.32 Å². The van der Waals surface area contributed by atoms with Crippen LogP contribution in [-0.4, -0.2) is 10.2 Å². The van der Waals surface area contributed by atoms with E-state index in [1.54, 1.807) is 11.3 Å². The van der Waals surface area contributed by atoms with Gasteiger partial charge in [-0.05, 0) is 43.0 Å².